The molecule has 1 aliphatic heterocycles. The Kier molecular flexibility index (Phi) is 6.23. The fourth-order valence-electron chi connectivity index (χ4n) is 2.36. The second-order valence-corrected chi connectivity index (χ2v) is 8.31. The van der Waals surface area contributed by atoms with Crippen LogP contribution in [0, 0.1) is 5.92 Å². The van der Waals surface area contributed by atoms with Gasteiger partial charge in [0.25, 0.3) is 5.19 Å². The summed E-state index contributed by atoms with van der Waals surface area (Å²) in [6.45, 7) is 6.77. The zero-order valence-corrected chi connectivity index (χ0v) is 15.2. The van der Waals surface area contributed by atoms with Crippen LogP contribution >= 0.6 is 23.1 Å². The van der Waals surface area contributed by atoms with Crippen molar-refractivity contribution in [2.45, 2.75) is 49.3 Å². The van der Waals surface area contributed by atoms with Crippen molar-refractivity contribution in [3.8, 4) is 5.19 Å². The van der Waals surface area contributed by atoms with Crippen molar-refractivity contribution in [3.05, 3.63) is 0 Å². The van der Waals surface area contributed by atoms with Crippen LogP contribution in [0.5, 0.6) is 5.19 Å². The highest BCUT2D eigenvalue weighted by molar-refractivity contribution is 8.02. The number of piperidine rings is 1. The van der Waals surface area contributed by atoms with Crippen LogP contribution in [0.15, 0.2) is 4.34 Å². The number of likely N-dealkylation sites (tertiary alicyclic amines) is 1. The van der Waals surface area contributed by atoms with Gasteiger partial charge in [-0.25, -0.2) is 0 Å². The number of carbonyl (C=O) groups is 2. The predicted molar refractivity (Wildman–Crippen MR) is 89.5 cm³/mol. The van der Waals surface area contributed by atoms with Crippen molar-refractivity contribution < 1.29 is 14.3 Å². The van der Waals surface area contributed by atoms with Crippen molar-refractivity contribution in [1.82, 2.24) is 15.1 Å². The van der Waals surface area contributed by atoms with Gasteiger partial charge in [0.1, 0.15) is 0 Å². The molecule has 1 aliphatic rings. The van der Waals surface area contributed by atoms with Gasteiger partial charge in [0.05, 0.1) is 17.3 Å². The second-order valence-electron chi connectivity index (χ2n) is 5.79. The Morgan fingerprint density at radius 3 is 2.78 bits per heavy atom. The number of aromatic nitrogens is 2. The van der Waals surface area contributed by atoms with Gasteiger partial charge in [-0.05, 0) is 44.9 Å². The van der Waals surface area contributed by atoms with E-state index in [1.807, 2.05) is 20.8 Å². The summed E-state index contributed by atoms with van der Waals surface area (Å²) in [6.07, 6.45) is 1.61. The fourth-order valence-corrected chi connectivity index (χ4v) is 4.40. The summed E-state index contributed by atoms with van der Waals surface area (Å²) in [5.41, 5.74) is 5.36. The third kappa shape index (κ3) is 5.07. The molecule has 1 aromatic rings. The van der Waals surface area contributed by atoms with Crippen LogP contribution in [0.4, 0.5) is 0 Å². The van der Waals surface area contributed by atoms with Crippen molar-refractivity contribution in [2.24, 2.45) is 11.7 Å². The monoisotopic (exact) mass is 358 g/mol. The lowest BCUT2D eigenvalue weighted by Gasteiger charge is -2.32. The molecular formula is C14H22N4O3S2. The first kappa shape index (κ1) is 18.0. The van der Waals surface area contributed by atoms with E-state index in [-0.39, 0.29) is 29.1 Å². The average Bonchev–Trinajstić information content (AvgIpc) is 2.92. The molecule has 1 fully saturated rings. The first-order valence-corrected chi connectivity index (χ1v) is 9.31. The van der Waals surface area contributed by atoms with Crippen molar-refractivity contribution >= 4 is 34.9 Å². The number of nitrogens with zero attached hydrogens (tertiary/aromatic N) is 3. The molecule has 128 valence electrons. The molecule has 0 radical (unpaired) electrons. The molecule has 2 heterocycles. The highest BCUT2D eigenvalue weighted by Crippen LogP contribution is 2.31. The quantitative estimate of drug-likeness (QED) is 0.774. The molecule has 0 spiro atoms. The van der Waals surface area contributed by atoms with Crippen LogP contribution in [0.25, 0.3) is 0 Å². The molecule has 1 aromatic heterocycles. The summed E-state index contributed by atoms with van der Waals surface area (Å²) >= 11 is 2.69. The molecule has 23 heavy (non-hydrogen) atoms. The average molecular weight is 358 g/mol. The maximum absolute atomic E-state index is 12.5. The van der Waals surface area contributed by atoms with Gasteiger partial charge in [-0.3, -0.25) is 9.59 Å². The van der Waals surface area contributed by atoms with Gasteiger partial charge in [0, 0.05) is 13.1 Å². The van der Waals surface area contributed by atoms with E-state index in [9.17, 15) is 9.59 Å². The first-order valence-electron chi connectivity index (χ1n) is 7.61. The largest absolute Gasteiger partial charge is 0.466 e. The molecule has 2 atom stereocenters. The summed E-state index contributed by atoms with van der Waals surface area (Å²) in [5, 5.41) is 8.22. The maximum atomic E-state index is 12.5. The minimum absolute atomic E-state index is 0.00229. The third-order valence-corrected chi connectivity index (χ3v) is 5.47. The summed E-state index contributed by atoms with van der Waals surface area (Å²) in [4.78, 5) is 25.6. The summed E-state index contributed by atoms with van der Waals surface area (Å²) in [5.74, 6) is -0.567. The van der Waals surface area contributed by atoms with Crippen molar-refractivity contribution in [2.75, 3.05) is 13.1 Å². The van der Waals surface area contributed by atoms with Crippen molar-refractivity contribution in [1.29, 1.82) is 0 Å². The fraction of sp³-hybridized carbons (Fsp3) is 0.714. The van der Waals surface area contributed by atoms with E-state index < -0.39 is 0 Å². The molecular weight excluding hydrogens is 336 g/mol. The van der Waals surface area contributed by atoms with Crippen LogP contribution in [0.2, 0.25) is 0 Å². The lowest BCUT2D eigenvalue weighted by Crippen LogP contribution is -2.46. The molecule has 2 rings (SSSR count). The lowest BCUT2D eigenvalue weighted by atomic mass is 9.97. The van der Waals surface area contributed by atoms with Gasteiger partial charge in [0.2, 0.25) is 11.8 Å². The Labute approximate surface area is 144 Å². The molecule has 0 aliphatic carbocycles. The Hall–Kier alpha value is -1.35. The minimum Gasteiger partial charge on any atom is -0.466 e. The van der Waals surface area contributed by atoms with E-state index in [4.69, 9.17) is 10.5 Å². The van der Waals surface area contributed by atoms with Crippen LogP contribution in [-0.2, 0) is 9.59 Å². The first-order chi connectivity index (χ1) is 10.9. The zero-order chi connectivity index (χ0) is 17.0. The van der Waals surface area contributed by atoms with Gasteiger partial charge in [-0.15, -0.1) is 5.10 Å². The molecule has 9 heteroatoms. The van der Waals surface area contributed by atoms with E-state index in [0.717, 1.165) is 12.8 Å². The highest BCUT2D eigenvalue weighted by atomic mass is 32.2. The third-order valence-electron chi connectivity index (χ3n) is 3.49. The number of rotatable bonds is 6. The number of ether oxygens (including phenoxy) is 1. The number of amides is 2. The van der Waals surface area contributed by atoms with Gasteiger partial charge in [-0.1, -0.05) is 16.9 Å². The highest BCUT2D eigenvalue weighted by Gasteiger charge is 2.30. The predicted octanol–water partition coefficient (Wildman–Crippen LogP) is 1.53. The van der Waals surface area contributed by atoms with E-state index in [1.54, 1.807) is 4.90 Å². The summed E-state index contributed by atoms with van der Waals surface area (Å²) in [7, 11) is 0. The van der Waals surface area contributed by atoms with E-state index in [0.29, 0.717) is 22.6 Å². The molecule has 1 saturated heterocycles. The smallest absolute Gasteiger partial charge is 0.295 e. The Bertz CT molecular complexity index is 564. The number of nitrogens with two attached hydrogens (primary N) is 1. The second kappa shape index (κ2) is 7.96. The van der Waals surface area contributed by atoms with Crippen LogP contribution in [0.3, 0.4) is 0 Å². The topological polar surface area (TPSA) is 98.4 Å². The van der Waals surface area contributed by atoms with Crippen LogP contribution in [0.1, 0.15) is 33.6 Å². The molecule has 0 bridgehead atoms. The minimum atomic E-state index is -0.331. The Morgan fingerprint density at radius 1 is 1.39 bits per heavy atom. The zero-order valence-electron chi connectivity index (χ0n) is 13.5. The molecule has 0 saturated carbocycles. The summed E-state index contributed by atoms with van der Waals surface area (Å²) < 4.78 is 6.18. The molecule has 7 nitrogen and oxygen atoms in total. The van der Waals surface area contributed by atoms with Gasteiger partial charge in [-0.2, -0.15) is 0 Å². The number of carbonyl (C=O) groups excluding carboxylic acids is 2. The number of thioether (sulfide) groups is 1. The maximum Gasteiger partial charge on any atom is 0.295 e. The van der Waals surface area contributed by atoms with Crippen LogP contribution < -0.4 is 10.5 Å². The molecule has 2 unspecified atom stereocenters. The normalized spacial score (nSPS) is 19.7. The summed E-state index contributed by atoms with van der Waals surface area (Å²) in [6, 6.07) is 0. The molecule has 2 N–H and O–H groups in total. The van der Waals surface area contributed by atoms with Crippen LogP contribution in [-0.4, -0.2) is 51.4 Å². The van der Waals surface area contributed by atoms with E-state index in [2.05, 4.69) is 10.2 Å². The number of hydrogen-bond donors (Lipinski definition) is 1. The Balaban J connectivity index is 1.91. The van der Waals surface area contributed by atoms with E-state index in [1.165, 1.54) is 23.1 Å². The van der Waals surface area contributed by atoms with Gasteiger partial charge in [0.15, 0.2) is 4.34 Å². The standard InChI is InChI=1S/C14H22N4O3S2/c1-8(2)21-13-16-17-14(23-13)22-9(3)12(20)18-6-4-5-10(7-18)11(15)19/h8-10H,4-7H2,1-3H3,(H2,15,19). The Morgan fingerprint density at radius 2 is 2.13 bits per heavy atom. The van der Waals surface area contributed by atoms with Gasteiger partial charge < -0.3 is 15.4 Å². The molecule has 2 amide bonds. The lowest BCUT2D eigenvalue weighted by molar-refractivity contribution is -0.134. The van der Waals surface area contributed by atoms with Crippen molar-refractivity contribution in [3.63, 3.8) is 0 Å². The number of primary amides is 1. The molecule has 0 aromatic carbocycles. The van der Waals surface area contributed by atoms with Gasteiger partial charge >= 0.3 is 0 Å². The van der Waals surface area contributed by atoms with E-state index >= 15 is 0 Å². The number of hydrogen-bond acceptors (Lipinski definition) is 7. The SMILES string of the molecule is CC(C)Oc1nnc(SC(C)C(=O)N2CCCC(C(N)=O)C2)s1.